The van der Waals surface area contributed by atoms with E-state index in [1.54, 1.807) is 0 Å². The molecule has 0 radical (unpaired) electrons. The molecule has 0 aliphatic heterocycles. The van der Waals surface area contributed by atoms with Gasteiger partial charge in [0.15, 0.2) is 0 Å². The maximum atomic E-state index is 13.2. The van der Waals surface area contributed by atoms with Gasteiger partial charge in [0.1, 0.15) is 5.82 Å². The Morgan fingerprint density at radius 3 is 2.65 bits per heavy atom. The van der Waals surface area contributed by atoms with E-state index in [1.165, 1.54) is 23.5 Å². The molecule has 0 fully saturated rings. The highest BCUT2D eigenvalue weighted by molar-refractivity contribution is 7.89. The van der Waals surface area contributed by atoms with Crippen molar-refractivity contribution in [3.63, 3.8) is 0 Å². The van der Waals surface area contributed by atoms with Crippen LogP contribution in [0.25, 0.3) is 0 Å². The summed E-state index contributed by atoms with van der Waals surface area (Å²) in [5.74, 6) is -0.602. The molecule has 0 bridgehead atoms. The van der Waals surface area contributed by atoms with Crippen molar-refractivity contribution in [3.8, 4) is 0 Å². The molecule has 0 unspecified atom stereocenters. The molecular weight excluding hydrogens is 299 g/mol. The average Bonchev–Trinajstić information content (AvgIpc) is 2.82. The molecule has 0 saturated carbocycles. The Bertz CT molecular complexity index is 711. The minimum absolute atomic E-state index is 0.0363. The van der Waals surface area contributed by atoms with Gasteiger partial charge in [0, 0.05) is 22.8 Å². The monoisotopic (exact) mass is 314 g/mol. The first-order chi connectivity index (χ1) is 9.42. The maximum absolute atomic E-state index is 13.2. The number of hydrogen-bond acceptors (Lipinski definition) is 4. The molecule has 108 valence electrons. The number of sulfonamides is 1. The fourth-order valence-corrected chi connectivity index (χ4v) is 3.96. The summed E-state index contributed by atoms with van der Waals surface area (Å²) in [6.07, 6.45) is 0. The fraction of sp³-hybridized carbons (Fsp3) is 0.231. The molecule has 1 aromatic carbocycles. The molecule has 2 aromatic rings. The highest BCUT2D eigenvalue weighted by atomic mass is 32.2. The van der Waals surface area contributed by atoms with Gasteiger partial charge in [-0.25, -0.2) is 17.5 Å². The topological polar surface area (TPSA) is 72.2 Å². The molecule has 0 amide bonds. The van der Waals surface area contributed by atoms with Gasteiger partial charge < -0.3 is 5.73 Å². The zero-order valence-electron chi connectivity index (χ0n) is 10.9. The van der Waals surface area contributed by atoms with E-state index in [2.05, 4.69) is 4.72 Å². The van der Waals surface area contributed by atoms with Crippen LogP contribution in [0.5, 0.6) is 0 Å². The molecule has 1 aromatic heterocycles. The fourth-order valence-electron chi connectivity index (χ4n) is 1.77. The van der Waals surface area contributed by atoms with Gasteiger partial charge in [0.25, 0.3) is 0 Å². The summed E-state index contributed by atoms with van der Waals surface area (Å²) in [5.41, 5.74) is 5.89. The molecule has 3 N–H and O–H groups in total. The standard InChI is InChI=1S/C13H15FN2O2S2/c1-9-2-5-12(19-9)8-16-20(17,18)13-6-11(14)4-3-10(13)7-15/h2-6,16H,7-8,15H2,1H3. The van der Waals surface area contributed by atoms with Crippen LogP contribution in [0.4, 0.5) is 4.39 Å². The number of aryl methyl sites for hydroxylation is 1. The van der Waals surface area contributed by atoms with Crippen LogP contribution in [0, 0.1) is 12.7 Å². The van der Waals surface area contributed by atoms with E-state index in [1.807, 2.05) is 19.1 Å². The highest BCUT2D eigenvalue weighted by Crippen LogP contribution is 2.19. The van der Waals surface area contributed by atoms with Crippen molar-refractivity contribution in [3.05, 3.63) is 51.5 Å². The number of thiophene rings is 1. The third kappa shape index (κ3) is 3.43. The summed E-state index contributed by atoms with van der Waals surface area (Å²) in [5, 5.41) is 0. The Morgan fingerprint density at radius 2 is 2.05 bits per heavy atom. The van der Waals surface area contributed by atoms with E-state index >= 15 is 0 Å². The SMILES string of the molecule is Cc1ccc(CNS(=O)(=O)c2cc(F)ccc2CN)s1. The molecular formula is C13H15FN2O2S2. The summed E-state index contributed by atoms with van der Waals surface area (Å²) < 4.78 is 40.1. The molecule has 4 nitrogen and oxygen atoms in total. The molecule has 0 spiro atoms. The van der Waals surface area contributed by atoms with Gasteiger partial charge >= 0.3 is 0 Å². The second-order valence-corrected chi connectivity index (χ2v) is 7.40. The van der Waals surface area contributed by atoms with E-state index < -0.39 is 15.8 Å². The Labute approximate surface area is 121 Å². The predicted molar refractivity (Wildman–Crippen MR) is 77.4 cm³/mol. The van der Waals surface area contributed by atoms with Gasteiger partial charge in [-0.2, -0.15) is 0 Å². The van der Waals surface area contributed by atoms with Crippen molar-refractivity contribution in [1.29, 1.82) is 0 Å². The number of benzene rings is 1. The molecule has 7 heteroatoms. The zero-order valence-corrected chi connectivity index (χ0v) is 12.5. The van der Waals surface area contributed by atoms with Crippen molar-refractivity contribution in [2.45, 2.75) is 24.9 Å². The molecule has 1 heterocycles. The van der Waals surface area contributed by atoms with Gasteiger partial charge in [-0.3, -0.25) is 0 Å². The Morgan fingerprint density at radius 1 is 1.30 bits per heavy atom. The molecule has 20 heavy (non-hydrogen) atoms. The normalized spacial score (nSPS) is 11.8. The van der Waals surface area contributed by atoms with Crippen LogP contribution in [-0.4, -0.2) is 8.42 Å². The second kappa shape index (κ2) is 6.01. The van der Waals surface area contributed by atoms with Gasteiger partial charge in [0.2, 0.25) is 10.0 Å². The van der Waals surface area contributed by atoms with Crippen LogP contribution in [0.2, 0.25) is 0 Å². The van der Waals surface area contributed by atoms with E-state index in [0.29, 0.717) is 5.56 Å². The number of rotatable bonds is 5. The van der Waals surface area contributed by atoms with E-state index in [4.69, 9.17) is 5.73 Å². The Balaban J connectivity index is 2.24. The number of hydrogen-bond donors (Lipinski definition) is 2. The van der Waals surface area contributed by atoms with Crippen LogP contribution in [-0.2, 0) is 23.1 Å². The number of nitrogens with two attached hydrogens (primary N) is 1. The summed E-state index contributed by atoms with van der Waals surface area (Å²) >= 11 is 1.51. The van der Waals surface area contributed by atoms with Crippen molar-refractivity contribution in [1.82, 2.24) is 4.72 Å². The first kappa shape index (κ1) is 15.1. The molecule has 0 aliphatic rings. The lowest BCUT2D eigenvalue weighted by molar-refractivity contribution is 0.576. The lowest BCUT2D eigenvalue weighted by Crippen LogP contribution is -2.24. The minimum atomic E-state index is -3.78. The zero-order chi connectivity index (χ0) is 14.8. The highest BCUT2D eigenvalue weighted by Gasteiger charge is 2.18. The van der Waals surface area contributed by atoms with Gasteiger partial charge in [-0.05, 0) is 36.8 Å². The second-order valence-electron chi connectivity index (χ2n) is 4.29. The maximum Gasteiger partial charge on any atom is 0.241 e. The Hall–Kier alpha value is -1.28. The lowest BCUT2D eigenvalue weighted by Gasteiger charge is -2.10. The van der Waals surface area contributed by atoms with Crippen LogP contribution < -0.4 is 10.5 Å². The summed E-state index contributed by atoms with van der Waals surface area (Å²) in [7, 11) is -3.78. The van der Waals surface area contributed by atoms with E-state index in [0.717, 1.165) is 15.8 Å². The molecule has 2 rings (SSSR count). The van der Waals surface area contributed by atoms with Crippen LogP contribution in [0.3, 0.4) is 0 Å². The van der Waals surface area contributed by atoms with E-state index in [9.17, 15) is 12.8 Å². The minimum Gasteiger partial charge on any atom is -0.326 e. The Kier molecular flexibility index (Phi) is 4.54. The number of nitrogens with one attached hydrogen (secondary N) is 1. The van der Waals surface area contributed by atoms with Crippen molar-refractivity contribution in [2.75, 3.05) is 0 Å². The average molecular weight is 314 g/mol. The quantitative estimate of drug-likeness (QED) is 0.888. The van der Waals surface area contributed by atoms with Crippen molar-refractivity contribution < 1.29 is 12.8 Å². The van der Waals surface area contributed by atoms with Crippen LogP contribution >= 0.6 is 11.3 Å². The van der Waals surface area contributed by atoms with Crippen LogP contribution in [0.1, 0.15) is 15.3 Å². The molecule has 0 atom stereocenters. The molecule has 0 saturated heterocycles. The summed E-state index contributed by atoms with van der Waals surface area (Å²) in [4.78, 5) is 1.90. The predicted octanol–water partition coefficient (Wildman–Crippen LogP) is 2.13. The first-order valence-electron chi connectivity index (χ1n) is 5.96. The van der Waals surface area contributed by atoms with Crippen molar-refractivity contribution >= 4 is 21.4 Å². The van der Waals surface area contributed by atoms with Gasteiger partial charge in [0.05, 0.1) is 4.90 Å². The number of halogens is 1. The summed E-state index contributed by atoms with van der Waals surface area (Å²) in [6, 6.07) is 7.35. The van der Waals surface area contributed by atoms with Gasteiger partial charge in [-0.1, -0.05) is 6.07 Å². The third-order valence-corrected chi connectivity index (χ3v) is 5.26. The smallest absolute Gasteiger partial charge is 0.241 e. The van der Waals surface area contributed by atoms with Gasteiger partial charge in [-0.15, -0.1) is 11.3 Å². The summed E-state index contributed by atoms with van der Waals surface area (Å²) in [6.45, 7) is 2.16. The van der Waals surface area contributed by atoms with Crippen molar-refractivity contribution in [2.24, 2.45) is 5.73 Å². The lowest BCUT2D eigenvalue weighted by atomic mass is 10.2. The molecule has 0 aliphatic carbocycles. The van der Waals surface area contributed by atoms with Crippen LogP contribution in [0.15, 0.2) is 35.2 Å². The van der Waals surface area contributed by atoms with E-state index in [-0.39, 0.29) is 18.0 Å². The first-order valence-corrected chi connectivity index (χ1v) is 8.26. The third-order valence-electron chi connectivity index (χ3n) is 2.77. The largest absolute Gasteiger partial charge is 0.326 e.